The summed E-state index contributed by atoms with van der Waals surface area (Å²) in [7, 11) is 5.80. The Kier molecular flexibility index (Phi) is 2.75. The second-order valence-electron chi connectivity index (χ2n) is 3.57. The fourth-order valence-corrected chi connectivity index (χ4v) is 0.875. The van der Waals surface area contributed by atoms with E-state index in [-0.39, 0.29) is 5.31 Å². The predicted molar refractivity (Wildman–Crippen MR) is 55.3 cm³/mol. The molecule has 0 unspecified atom stereocenters. The molecule has 0 fully saturated rings. The lowest BCUT2D eigenvalue weighted by molar-refractivity contribution is 0.866. The fourth-order valence-electron chi connectivity index (χ4n) is 0.875. The molecule has 0 N–H and O–H groups in total. The summed E-state index contributed by atoms with van der Waals surface area (Å²) in [4.78, 5) is 0. The van der Waals surface area contributed by atoms with Gasteiger partial charge in [-0.2, -0.15) is 0 Å². The van der Waals surface area contributed by atoms with Crippen LogP contribution >= 0.6 is 0 Å². The molecule has 0 aliphatic heterocycles. The van der Waals surface area contributed by atoms with Crippen molar-refractivity contribution < 1.29 is 0 Å². The van der Waals surface area contributed by atoms with Crippen molar-refractivity contribution in [3.05, 3.63) is 42.0 Å². The van der Waals surface area contributed by atoms with Crippen LogP contribution in [0.1, 0.15) is 19.4 Å². The van der Waals surface area contributed by atoms with Gasteiger partial charge in [-0.3, -0.25) is 0 Å². The predicted octanol–water partition coefficient (Wildman–Crippen LogP) is 3.07. The van der Waals surface area contributed by atoms with Crippen LogP contribution in [0, 0.1) is 0 Å². The Balaban J connectivity index is 2.71. The lowest BCUT2D eigenvalue weighted by Crippen LogP contribution is -1.95. The minimum absolute atomic E-state index is 0.226. The Labute approximate surface area is 75.7 Å². The van der Waals surface area contributed by atoms with E-state index in [1.807, 2.05) is 44.2 Å². The minimum Gasteiger partial charge on any atom is -0.0870 e. The molecule has 0 amide bonds. The van der Waals surface area contributed by atoms with E-state index in [1.54, 1.807) is 0 Å². The summed E-state index contributed by atoms with van der Waals surface area (Å²) in [5.74, 6) is 0. The van der Waals surface area contributed by atoms with Gasteiger partial charge in [0.15, 0.2) is 0 Å². The summed E-state index contributed by atoms with van der Waals surface area (Å²) in [6.07, 6.45) is 4.04. The van der Waals surface area contributed by atoms with Crippen LogP contribution in [-0.2, 0) is 0 Å². The van der Waals surface area contributed by atoms with Gasteiger partial charge >= 0.3 is 0 Å². The summed E-state index contributed by atoms with van der Waals surface area (Å²) in [6, 6.07) is 10.2. The average molecular weight is 156 g/mol. The number of hydrogen-bond acceptors (Lipinski definition) is 0. The first-order valence-corrected chi connectivity index (χ1v) is 4.11. The van der Waals surface area contributed by atoms with Gasteiger partial charge in [-0.25, -0.2) is 0 Å². The highest BCUT2D eigenvalue weighted by Crippen LogP contribution is 2.21. The molecule has 1 aromatic rings. The number of allylic oxidation sites excluding steroid dienone is 1. The summed E-state index contributed by atoms with van der Waals surface area (Å²) in [5.41, 5.74) is 1.19. The molecule has 0 aliphatic carbocycles. The van der Waals surface area contributed by atoms with E-state index in [0.717, 1.165) is 0 Å². The van der Waals surface area contributed by atoms with E-state index in [0.29, 0.717) is 0 Å². The maximum absolute atomic E-state index is 5.80. The van der Waals surface area contributed by atoms with E-state index >= 15 is 0 Å². The Morgan fingerprint density at radius 3 is 2.25 bits per heavy atom. The maximum Gasteiger partial charge on any atom is 0.0794 e. The highest BCUT2D eigenvalue weighted by Gasteiger charge is 2.02. The molecule has 2 radical (unpaired) electrons. The van der Waals surface area contributed by atoms with Crippen molar-refractivity contribution in [3.8, 4) is 0 Å². The van der Waals surface area contributed by atoms with Gasteiger partial charge in [0.05, 0.1) is 7.85 Å². The van der Waals surface area contributed by atoms with E-state index in [2.05, 4.69) is 12.1 Å². The van der Waals surface area contributed by atoms with E-state index in [1.165, 1.54) is 5.56 Å². The van der Waals surface area contributed by atoms with Crippen molar-refractivity contribution in [1.82, 2.24) is 0 Å². The summed E-state index contributed by atoms with van der Waals surface area (Å²) >= 11 is 0. The zero-order chi connectivity index (χ0) is 9.03. The first kappa shape index (κ1) is 9.12. The van der Waals surface area contributed by atoms with Crippen molar-refractivity contribution in [3.63, 3.8) is 0 Å². The van der Waals surface area contributed by atoms with E-state index in [4.69, 9.17) is 7.85 Å². The largest absolute Gasteiger partial charge is 0.0870 e. The number of hydrogen-bond donors (Lipinski definition) is 0. The standard InChI is InChI=1S/C11H13B/c1-11(2,12)9-8-10-6-4-3-5-7-10/h3-9H,1-2H3/b9-8+. The van der Waals surface area contributed by atoms with Gasteiger partial charge in [0.2, 0.25) is 0 Å². The van der Waals surface area contributed by atoms with E-state index < -0.39 is 0 Å². The third kappa shape index (κ3) is 3.43. The zero-order valence-electron chi connectivity index (χ0n) is 7.62. The summed E-state index contributed by atoms with van der Waals surface area (Å²) in [6.45, 7) is 3.96. The van der Waals surface area contributed by atoms with Crippen LogP contribution in [0.25, 0.3) is 6.08 Å². The van der Waals surface area contributed by atoms with Crippen LogP contribution < -0.4 is 0 Å². The quantitative estimate of drug-likeness (QED) is 0.577. The van der Waals surface area contributed by atoms with Gasteiger partial charge in [0, 0.05) is 0 Å². The second-order valence-corrected chi connectivity index (χ2v) is 3.57. The topological polar surface area (TPSA) is 0 Å². The highest BCUT2D eigenvalue weighted by molar-refractivity contribution is 6.16. The van der Waals surface area contributed by atoms with Crippen molar-refractivity contribution in [2.75, 3.05) is 0 Å². The molecule has 1 heteroatoms. The molecule has 12 heavy (non-hydrogen) atoms. The SMILES string of the molecule is [B]C(C)(C)/C=C/c1ccccc1. The minimum atomic E-state index is -0.226. The summed E-state index contributed by atoms with van der Waals surface area (Å²) in [5, 5.41) is -0.226. The smallest absolute Gasteiger partial charge is 0.0794 e. The van der Waals surface area contributed by atoms with Crippen LogP contribution in [0.15, 0.2) is 36.4 Å². The third-order valence-corrected chi connectivity index (χ3v) is 1.50. The molecule has 1 rings (SSSR count). The monoisotopic (exact) mass is 156 g/mol. The molecule has 0 saturated carbocycles. The Bertz CT molecular complexity index is 254. The molecular formula is C11H13B. The maximum atomic E-state index is 5.80. The molecule has 1 aromatic carbocycles. The Morgan fingerprint density at radius 2 is 1.75 bits per heavy atom. The third-order valence-electron chi connectivity index (χ3n) is 1.50. The molecule has 0 atom stereocenters. The lowest BCUT2D eigenvalue weighted by atomic mass is 9.72. The molecule has 60 valence electrons. The molecule has 0 saturated heterocycles. The van der Waals surface area contributed by atoms with Crippen molar-refractivity contribution in [2.45, 2.75) is 19.2 Å². The van der Waals surface area contributed by atoms with Gasteiger partial charge in [-0.15, -0.1) is 0 Å². The molecular weight excluding hydrogens is 143 g/mol. The Hall–Kier alpha value is -0.975. The van der Waals surface area contributed by atoms with Crippen LogP contribution in [0.2, 0.25) is 5.31 Å². The molecule has 0 bridgehead atoms. The van der Waals surface area contributed by atoms with Gasteiger partial charge in [-0.1, -0.05) is 61.6 Å². The molecule has 0 aliphatic rings. The zero-order valence-corrected chi connectivity index (χ0v) is 7.62. The first-order chi connectivity index (χ1) is 5.58. The van der Waals surface area contributed by atoms with Crippen molar-refractivity contribution in [2.24, 2.45) is 0 Å². The van der Waals surface area contributed by atoms with Gasteiger partial charge < -0.3 is 0 Å². The molecule has 0 aromatic heterocycles. The lowest BCUT2D eigenvalue weighted by Gasteiger charge is -2.11. The Morgan fingerprint density at radius 1 is 1.17 bits per heavy atom. The van der Waals surface area contributed by atoms with Crippen LogP contribution in [0.4, 0.5) is 0 Å². The second kappa shape index (κ2) is 3.62. The summed E-state index contributed by atoms with van der Waals surface area (Å²) < 4.78 is 0. The van der Waals surface area contributed by atoms with Crippen LogP contribution in [0.3, 0.4) is 0 Å². The molecule has 0 spiro atoms. The van der Waals surface area contributed by atoms with Gasteiger partial charge in [0.1, 0.15) is 0 Å². The fraction of sp³-hybridized carbons (Fsp3) is 0.273. The number of benzene rings is 1. The highest BCUT2D eigenvalue weighted by atomic mass is 14.0. The molecule has 0 nitrogen and oxygen atoms in total. The normalized spacial score (nSPS) is 12.2. The van der Waals surface area contributed by atoms with Crippen molar-refractivity contribution in [1.29, 1.82) is 0 Å². The van der Waals surface area contributed by atoms with Crippen molar-refractivity contribution >= 4 is 13.9 Å². The van der Waals surface area contributed by atoms with Gasteiger partial charge in [-0.05, 0) is 5.56 Å². The van der Waals surface area contributed by atoms with Crippen LogP contribution in [0.5, 0.6) is 0 Å². The van der Waals surface area contributed by atoms with E-state index in [9.17, 15) is 0 Å². The number of rotatable bonds is 2. The molecule has 0 heterocycles. The van der Waals surface area contributed by atoms with Gasteiger partial charge in [0.25, 0.3) is 0 Å². The first-order valence-electron chi connectivity index (χ1n) is 4.11. The van der Waals surface area contributed by atoms with Crippen LogP contribution in [-0.4, -0.2) is 7.85 Å². The average Bonchev–Trinajstić information content (AvgIpc) is 2.02.